The van der Waals surface area contributed by atoms with Crippen LogP contribution in [0.25, 0.3) is 0 Å². The van der Waals surface area contributed by atoms with Crippen LogP contribution >= 0.6 is 23.1 Å². The molecule has 0 bridgehead atoms. The van der Waals surface area contributed by atoms with E-state index in [1.54, 1.807) is 31.1 Å². The second-order valence-corrected chi connectivity index (χ2v) is 7.58. The smallest absolute Gasteiger partial charge is 0.244 e. The number of thiophene rings is 1. The summed E-state index contributed by atoms with van der Waals surface area (Å²) < 4.78 is 26.0. The number of thioether (sulfide) groups is 1. The lowest BCUT2D eigenvalue weighted by molar-refractivity contribution is 0.282. The van der Waals surface area contributed by atoms with Gasteiger partial charge in [0.1, 0.15) is 4.90 Å². The van der Waals surface area contributed by atoms with Gasteiger partial charge in [-0.15, -0.1) is 11.3 Å². The topological polar surface area (TPSA) is 57.6 Å². The molecule has 0 saturated heterocycles. The highest BCUT2D eigenvalue weighted by molar-refractivity contribution is 7.98. The lowest BCUT2D eigenvalue weighted by Crippen LogP contribution is -2.29. The number of hydrogen-bond acceptors (Lipinski definition) is 5. The van der Waals surface area contributed by atoms with Crippen LogP contribution in [0.4, 0.5) is 0 Å². The van der Waals surface area contributed by atoms with Crippen LogP contribution in [0.2, 0.25) is 0 Å². The van der Waals surface area contributed by atoms with Gasteiger partial charge in [-0.1, -0.05) is 0 Å². The zero-order valence-corrected chi connectivity index (χ0v) is 12.6. The van der Waals surface area contributed by atoms with Crippen molar-refractivity contribution in [1.82, 2.24) is 4.31 Å². The van der Waals surface area contributed by atoms with Gasteiger partial charge in [0.25, 0.3) is 0 Å². The predicted octanol–water partition coefficient (Wildman–Crippen LogP) is 1.53. The molecule has 1 aromatic rings. The number of rotatable bonds is 6. The van der Waals surface area contributed by atoms with Crippen molar-refractivity contribution in [3.05, 3.63) is 15.8 Å². The van der Waals surface area contributed by atoms with E-state index in [4.69, 9.17) is 0 Å². The Hall–Kier alpha value is -0.0800. The molecule has 0 aliphatic carbocycles. The summed E-state index contributed by atoms with van der Waals surface area (Å²) >= 11 is 2.89. The summed E-state index contributed by atoms with van der Waals surface area (Å²) in [5.74, 6) is 0.757. The van der Waals surface area contributed by atoms with Gasteiger partial charge < -0.3 is 5.11 Å². The number of aliphatic hydroxyl groups is 1. The molecule has 0 aliphatic heterocycles. The summed E-state index contributed by atoms with van der Waals surface area (Å²) in [6.45, 7) is 2.00. The van der Waals surface area contributed by atoms with Crippen LogP contribution < -0.4 is 0 Å². The van der Waals surface area contributed by atoms with Gasteiger partial charge in [-0.25, -0.2) is 12.7 Å². The highest BCUT2D eigenvalue weighted by Gasteiger charge is 2.26. The highest BCUT2D eigenvalue weighted by Crippen LogP contribution is 2.29. The zero-order chi connectivity index (χ0) is 13.1. The van der Waals surface area contributed by atoms with E-state index in [9.17, 15) is 13.5 Å². The average Bonchev–Trinajstić information content (AvgIpc) is 2.67. The van der Waals surface area contributed by atoms with E-state index in [0.717, 1.165) is 5.75 Å². The van der Waals surface area contributed by atoms with E-state index in [1.165, 1.54) is 15.6 Å². The summed E-state index contributed by atoms with van der Waals surface area (Å²) in [6.07, 6.45) is 1.94. The molecule has 17 heavy (non-hydrogen) atoms. The molecule has 0 radical (unpaired) electrons. The Kier molecular flexibility index (Phi) is 5.46. The molecular weight excluding hydrogens is 278 g/mol. The first kappa shape index (κ1) is 15.0. The van der Waals surface area contributed by atoms with Gasteiger partial charge in [0.05, 0.1) is 11.5 Å². The van der Waals surface area contributed by atoms with Crippen molar-refractivity contribution >= 4 is 33.1 Å². The van der Waals surface area contributed by atoms with Crippen molar-refractivity contribution in [2.24, 2.45) is 0 Å². The van der Waals surface area contributed by atoms with Gasteiger partial charge in [0.2, 0.25) is 10.0 Å². The third-order valence-electron chi connectivity index (χ3n) is 2.41. The molecule has 0 amide bonds. The van der Waals surface area contributed by atoms with Crippen LogP contribution in [0.3, 0.4) is 0 Å². The molecular formula is C10H17NO3S3. The van der Waals surface area contributed by atoms with Crippen molar-refractivity contribution < 1.29 is 13.5 Å². The molecule has 0 aliphatic rings. The molecule has 0 unspecified atom stereocenters. The summed E-state index contributed by atoms with van der Waals surface area (Å²) in [6, 6.07) is 0. The van der Waals surface area contributed by atoms with E-state index in [2.05, 4.69) is 0 Å². The van der Waals surface area contributed by atoms with Gasteiger partial charge in [-0.3, -0.25) is 0 Å². The first-order valence-electron chi connectivity index (χ1n) is 5.08. The van der Waals surface area contributed by atoms with Crippen LogP contribution in [0.1, 0.15) is 10.4 Å². The van der Waals surface area contributed by atoms with Gasteiger partial charge >= 0.3 is 0 Å². The monoisotopic (exact) mass is 295 g/mol. The summed E-state index contributed by atoms with van der Waals surface area (Å²) in [5, 5.41) is 10.9. The number of sulfonamides is 1. The van der Waals surface area contributed by atoms with Crippen LogP contribution in [0.5, 0.6) is 0 Å². The van der Waals surface area contributed by atoms with Crippen LogP contribution in [0.15, 0.2) is 10.3 Å². The molecule has 0 fully saturated rings. The molecule has 1 rings (SSSR count). The highest BCUT2D eigenvalue weighted by atomic mass is 32.2. The molecule has 7 heteroatoms. The Morgan fingerprint density at radius 3 is 2.71 bits per heavy atom. The van der Waals surface area contributed by atoms with Gasteiger partial charge in [-0.05, 0) is 24.1 Å². The molecule has 0 saturated carbocycles. The molecule has 4 nitrogen and oxygen atoms in total. The third-order valence-corrected chi connectivity index (χ3v) is 6.31. The van der Waals surface area contributed by atoms with E-state index < -0.39 is 10.0 Å². The fraction of sp³-hybridized carbons (Fsp3) is 0.600. The van der Waals surface area contributed by atoms with Gasteiger partial charge in [0.15, 0.2) is 0 Å². The number of aliphatic hydroxyl groups excluding tert-OH is 1. The third kappa shape index (κ3) is 3.23. The maximum absolute atomic E-state index is 12.3. The molecule has 98 valence electrons. The van der Waals surface area contributed by atoms with Gasteiger partial charge in [-0.2, -0.15) is 11.8 Å². The minimum absolute atomic E-state index is 0.233. The first-order chi connectivity index (χ1) is 7.95. The summed E-state index contributed by atoms with van der Waals surface area (Å²) in [4.78, 5) is 0.784. The SMILES string of the molecule is CSCCN(C)S(=O)(=O)c1c(C)csc1CO. The lowest BCUT2D eigenvalue weighted by atomic mass is 10.3. The standard InChI is InChI=1S/C10H17NO3S3/c1-8-7-16-9(6-12)10(8)17(13,14)11(2)4-5-15-3/h7,12H,4-6H2,1-3H3. The zero-order valence-electron chi connectivity index (χ0n) is 10.1. The Morgan fingerprint density at radius 1 is 1.53 bits per heavy atom. The van der Waals surface area contributed by atoms with E-state index >= 15 is 0 Å². The van der Waals surface area contributed by atoms with Crippen molar-refractivity contribution in [1.29, 1.82) is 0 Å². The second-order valence-electron chi connectivity index (χ2n) is 3.65. The summed E-state index contributed by atoms with van der Waals surface area (Å²) in [7, 11) is -1.90. The van der Waals surface area contributed by atoms with E-state index in [0.29, 0.717) is 17.0 Å². The fourth-order valence-corrected chi connectivity index (χ4v) is 4.79. The maximum Gasteiger partial charge on any atom is 0.244 e. The normalized spacial score (nSPS) is 12.3. The Bertz CT molecular complexity index is 467. The van der Waals surface area contributed by atoms with Crippen molar-refractivity contribution in [3.8, 4) is 0 Å². The molecule has 0 spiro atoms. The summed E-state index contributed by atoms with van der Waals surface area (Å²) in [5.41, 5.74) is 0.704. The Balaban J connectivity index is 3.08. The quantitative estimate of drug-likeness (QED) is 0.865. The predicted molar refractivity (Wildman–Crippen MR) is 73.2 cm³/mol. The van der Waals surface area contributed by atoms with Crippen molar-refractivity contribution in [2.75, 3.05) is 25.6 Å². The van der Waals surface area contributed by atoms with Crippen LogP contribution in [-0.2, 0) is 16.6 Å². The molecule has 1 N–H and O–H groups in total. The number of hydrogen-bond donors (Lipinski definition) is 1. The Labute approximate surface area is 111 Å². The Morgan fingerprint density at radius 2 is 2.18 bits per heavy atom. The van der Waals surface area contributed by atoms with Crippen LogP contribution in [0, 0.1) is 6.92 Å². The number of nitrogens with zero attached hydrogens (tertiary/aromatic N) is 1. The average molecular weight is 295 g/mol. The van der Waals surface area contributed by atoms with Crippen molar-refractivity contribution in [3.63, 3.8) is 0 Å². The van der Waals surface area contributed by atoms with Crippen LogP contribution in [-0.4, -0.2) is 43.4 Å². The largest absolute Gasteiger partial charge is 0.391 e. The van der Waals surface area contributed by atoms with E-state index in [1.807, 2.05) is 6.26 Å². The maximum atomic E-state index is 12.3. The van der Waals surface area contributed by atoms with Crippen molar-refractivity contribution in [2.45, 2.75) is 18.4 Å². The molecule has 0 atom stereocenters. The molecule has 0 aromatic carbocycles. The lowest BCUT2D eigenvalue weighted by Gasteiger charge is -2.17. The minimum Gasteiger partial charge on any atom is -0.391 e. The second kappa shape index (κ2) is 6.19. The number of aryl methyl sites for hydroxylation is 1. The van der Waals surface area contributed by atoms with E-state index in [-0.39, 0.29) is 11.5 Å². The fourth-order valence-electron chi connectivity index (χ4n) is 1.44. The van der Waals surface area contributed by atoms with Gasteiger partial charge in [0, 0.05) is 19.3 Å². The molecule has 1 heterocycles. The first-order valence-corrected chi connectivity index (χ1v) is 8.79. The minimum atomic E-state index is -3.47. The molecule has 1 aromatic heterocycles.